The maximum absolute atomic E-state index is 13.4. The van der Waals surface area contributed by atoms with Crippen LogP contribution in [0.2, 0.25) is 0 Å². The van der Waals surface area contributed by atoms with Gasteiger partial charge in [0.2, 0.25) is 5.91 Å². The zero-order chi connectivity index (χ0) is 19.8. The molecule has 0 bridgehead atoms. The summed E-state index contributed by atoms with van der Waals surface area (Å²) in [4.78, 5) is 15.9. The molecule has 0 aliphatic carbocycles. The number of carbonyl (C=O) groups excluding carboxylic acids is 1. The summed E-state index contributed by atoms with van der Waals surface area (Å²) in [5.74, 6) is 0.866. The molecule has 0 atom stereocenters. The summed E-state index contributed by atoms with van der Waals surface area (Å²) < 4.78 is 15.2. The molecule has 0 aliphatic rings. The van der Waals surface area contributed by atoms with Gasteiger partial charge in [-0.2, -0.15) is 0 Å². The minimum atomic E-state index is -0.318. The molecule has 0 spiro atoms. The van der Waals surface area contributed by atoms with E-state index in [4.69, 9.17) is 0 Å². The summed E-state index contributed by atoms with van der Waals surface area (Å²) >= 11 is 1.51. The zero-order valence-corrected chi connectivity index (χ0v) is 16.0. The first kappa shape index (κ1) is 19.8. The molecule has 0 fully saturated rings. The molecule has 1 N–H and O–H groups in total. The van der Waals surface area contributed by atoms with Gasteiger partial charge in [0.25, 0.3) is 0 Å². The number of hydrogen-bond donors (Lipinski definition) is 1. The minimum absolute atomic E-state index is 0.0838. The van der Waals surface area contributed by atoms with E-state index < -0.39 is 0 Å². The zero-order valence-electron chi connectivity index (χ0n) is 15.2. The fraction of sp³-hybridized carbons (Fsp3) is 0.200. The Morgan fingerprint density at radius 1 is 1.18 bits per heavy atom. The molecular weight excluding hydrogens is 377 g/mol. The Balaban J connectivity index is 1.80. The standard InChI is InChI=1S/C20H20FN5OS/c1-2-3-4-19(27)23-13-18-24-25-20(28-14-15-9-11-22-12-10-15)26(18)17-7-5-16(21)6-8-17/h2,5-12H,1,3-4,13-14H2,(H,23,27). The SMILES string of the molecule is C=CCCC(=O)NCc1nnc(SCc2ccncc2)n1-c1ccc(F)cc1. The van der Waals surface area contributed by atoms with Gasteiger partial charge in [0.05, 0.1) is 6.54 Å². The predicted molar refractivity (Wildman–Crippen MR) is 106 cm³/mol. The van der Waals surface area contributed by atoms with Gasteiger partial charge in [-0.25, -0.2) is 4.39 Å². The number of hydrogen-bond acceptors (Lipinski definition) is 5. The van der Waals surface area contributed by atoms with Crippen molar-refractivity contribution in [2.24, 2.45) is 0 Å². The van der Waals surface area contributed by atoms with Crippen LogP contribution in [0.3, 0.4) is 0 Å². The summed E-state index contributed by atoms with van der Waals surface area (Å²) in [6, 6.07) is 9.98. The van der Waals surface area contributed by atoms with Crippen molar-refractivity contribution in [1.29, 1.82) is 0 Å². The van der Waals surface area contributed by atoms with E-state index in [1.165, 1.54) is 23.9 Å². The van der Waals surface area contributed by atoms with Gasteiger partial charge in [0.15, 0.2) is 11.0 Å². The van der Waals surface area contributed by atoms with Crippen molar-refractivity contribution in [3.05, 3.63) is 78.7 Å². The van der Waals surface area contributed by atoms with Crippen LogP contribution in [0.5, 0.6) is 0 Å². The van der Waals surface area contributed by atoms with Gasteiger partial charge in [-0.15, -0.1) is 16.8 Å². The molecule has 144 valence electrons. The third-order valence-corrected chi connectivity index (χ3v) is 4.92. The first-order valence-electron chi connectivity index (χ1n) is 8.77. The maximum Gasteiger partial charge on any atom is 0.220 e. The van der Waals surface area contributed by atoms with Crippen molar-refractivity contribution in [3.63, 3.8) is 0 Å². The highest BCUT2D eigenvalue weighted by atomic mass is 32.2. The Kier molecular flexibility index (Phi) is 6.91. The molecule has 3 aromatic rings. The van der Waals surface area contributed by atoms with Gasteiger partial charge >= 0.3 is 0 Å². The van der Waals surface area contributed by atoms with Crippen molar-refractivity contribution in [2.75, 3.05) is 0 Å². The van der Waals surface area contributed by atoms with Crippen LogP contribution in [0.25, 0.3) is 5.69 Å². The number of carbonyl (C=O) groups is 1. The molecule has 3 rings (SSSR count). The smallest absolute Gasteiger partial charge is 0.220 e. The molecule has 6 nitrogen and oxygen atoms in total. The molecule has 8 heteroatoms. The second kappa shape index (κ2) is 9.80. The van der Waals surface area contributed by atoms with Crippen LogP contribution in [0.15, 0.2) is 66.6 Å². The summed E-state index contributed by atoms with van der Waals surface area (Å²) in [6.07, 6.45) is 6.17. The summed E-state index contributed by atoms with van der Waals surface area (Å²) in [5.41, 5.74) is 1.84. The maximum atomic E-state index is 13.4. The normalized spacial score (nSPS) is 10.6. The summed E-state index contributed by atoms with van der Waals surface area (Å²) in [5, 5.41) is 12.0. The number of halogens is 1. The van der Waals surface area contributed by atoms with E-state index in [1.807, 2.05) is 16.7 Å². The molecular formula is C20H20FN5OS. The second-order valence-corrected chi connectivity index (χ2v) is 6.90. The van der Waals surface area contributed by atoms with E-state index in [-0.39, 0.29) is 18.3 Å². The van der Waals surface area contributed by atoms with E-state index in [0.717, 1.165) is 11.3 Å². The van der Waals surface area contributed by atoms with Gasteiger partial charge in [-0.1, -0.05) is 17.8 Å². The summed E-state index contributed by atoms with van der Waals surface area (Å²) in [6.45, 7) is 3.85. The summed E-state index contributed by atoms with van der Waals surface area (Å²) in [7, 11) is 0. The average molecular weight is 397 g/mol. The molecule has 2 heterocycles. The lowest BCUT2D eigenvalue weighted by molar-refractivity contribution is -0.121. The van der Waals surface area contributed by atoms with Crippen LogP contribution in [-0.4, -0.2) is 25.7 Å². The molecule has 0 unspecified atom stereocenters. The molecule has 0 saturated heterocycles. The van der Waals surface area contributed by atoms with Crippen LogP contribution in [0, 0.1) is 5.82 Å². The average Bonchev–Trinajstić information content (AvgIpc) is 3.13. The van der Waals surface area contributed by atoms with Crippen molar-refractivity contribution in [1.82, 2.24) is 25.1 Å². The third kappa shape index (κ3) is 5.26. The van der Waals surface area contributed by atoms with Crippen LogP contribution >= 0.6 is 11.8 Å². The lowest BCUT2D eigenvalue weighted by Crippen LogP contribution is -2.24. The van der Waals surface area contributed by atoms with Crippen LogP contribution in [-0.2, 0) is 17.1 Å². The van der Waals surface area contributed by atoms with Crippen LogP contribution < -0.4 is 5.32 Å². The van der Waals surface area contributed by atoms with Crippen molar-refractivity contribution in [2.45, 2.75) is 30.3 Å². The Bertz CT molecular complexity index is 928. The van der Waals surface area contributed by atoms with Gasteiger partial charge < -0.3 is 5.32 Å². The molecule has 1 aromatic carbocycles. The number of aromatic nitrogens is 4. The molecule has 0 radical (unpaired) electrons. The number of benzene rings is 1. The fourth-order valence-corrected chi connectivity index (χ4v) is 3.41. The topological polar surface area (TPSA) is 72.7 Å². The second-order valence-electron chi connectivity index (χ2n) is 5.96. The lowest BCUT2D eigenvalue weighted by atomic mass is 10.3. The lowest BCUT2D eigenvalue weighted by Gasteiger charge is -2.11. The van der Waals surface area contributed by atoms with Crippen LogP contribution in [0.1, 0.15) is 24.2 Å². The van der Waals surface area contributed by atoms with E-state index in [9.17, 15) is 9.18 Å². The van der Waals surface area contributed by atoms with Crippen molar-refractivity contribution in [3.8, 4) is 5.69 Å². The number of rotatable bonds is 9. The van der Waals surface area contributed by atoms with Gasteiger partial charge in [-0.05, 0) is 48.4 Å². The first-order valence-corrected chi connectivity index (χ1v) is 9.75. The molecule has 0 saturated carbocycles. The monoisotopic (exact) mass is 397 g/mol. The minimum Gasteiger partial charge on any atom is -0.349 e. The predicted octanol–water partition coefficient (Wildman–Crippen LogP) is 3.68. The number of amides is 1. The highest BCUT2D eigenvalue weighted by molar-refractivity contribution is 7.98. The van der Waals surface area contributed by atoms with E-state index >= 15 is 0 Å². The van der Waals surface area contributed by atoms with Gasteiger partial charge in [0.1, 0.15) is 5.82 Å². The highest BCUT2D eigenvalue weighted by Crippen LogP contribution is 2.25. The van der Waals surface area contributed by atoms with Crippen LogP contribution in [0.4, 0.5) is 4.39 Å². The fourth-order valence-electron chi connectivity index (χ4n) is 2.48. The van der Waals surface area contributed by atoms with Gasteiger partial charge in [-0.3, -0.25) is 14.3 Å². The molecule has 28 heavy (non-hydrogen) atoms. The molecule has 2 aromatic heterocycles. The Morgan fingerprint density at radius 2 is 1.93 bits per heavy atom. The van der Waals surface area contributed by atoms with E-state index in [1.54, 1.807) is 30.6 Å². The number of thioether (sulfide) groups is 1. The number of allylic oxidation sites excluding steroid dienone is 1. The largest absolute Gasteiger partial charge is 0.349 e. The van der Waals surface area contributed by atoms with Crippen molar-refractivity contribution >= 4 is 17.7 Å². The van der Waals surface area contributed by atoms with Gasteiger partial charge in [0, 0.05) is 30.3 Å². The Labute approximate surface area is 166 Å². The van der Waals surface area contributed by atoms with E-state index in [2.05, 4.69) is 27.1 Å². The Hall–Kier alpha value is -3.00. The molecule has 0 aliphatic heterocycles. The molecule has 1 amide bonds. The third-order valence-electron chi connectivity index (χ3n) is 3.92. The quantitative estimate of drug-likeness (QED) is 0.440. The first-order chi connectivity index (χ1) is 13.7. The number of pyridine rings is 1. The van der Waals surface area contributed by atoms with E-state index in [0.29, 0.717) is 29.6 Å². The number of nitrogens with one attached hydrogen (secondary N) is 1. The Morgan fingerprint density at radius 3 is 2.64 bits per heavy atom. The van der Waals surface area contributed by atoms with Crippen molar-refractivity contribution < 1.29 is 9.18 Å². The number of nitrogens with zero attached hydrogens (tertiary/aromatic N) is 4. The highest BCUT2D eigenvalue weighted by Gasteiger charge is 2.15.